The highest BCUT2D eigenvalue weighted by atomic mass is 32.2. The summed E-state index contributed by atoms with van der Waals surface area (Å²) in [5, 5.41) is 2.62. The third-order valence-electron chi connectivity index (χ3n) is 4.07. The van der Waals surface area contributed by atoms with Gasteiger partial charge in [0.2, 0.25) is 15.9 Å². The van der Waals surface area contributed by atoms with Gasteiger partial charge in [0.15, 0.2) is 0 Å². The highest BCUT2D eigenvalue weighted by molar-refractivity contribution is 7.90. The van der Waals surface area contributed by atoms with Crippen LogP contribution in [0.1, 0.15) is 12.5 Å². The molecule has 28 heavy (non-hydrogen) atoms. The van der Waals surface area contributed by atoms with Crippen LogP contribution in [0.4, 0.5) is 5.69 Å². The second kappa shape index (κ2) is 7.34. The number of carbonyl (C=O) groups is 1. The zero-order valence-corrected chi connectivity index (χ0v) is 16.6. The summed E-state index contributed by atoms with van der Waals surface area (Å²) in [4.78, 5) is 16.8. The van der Waals surface area contributed by atoms with Crippen LogP contribution in [-0.2, 0) is 24.8 Å². The molecule has 3 rings (SSSR count). The first-order valence-corrected chi connectivity index (χ1v) is 11.2. The molecular weight excluding hydrogens is 404 g/mol. The Hall–Kier alpha value is -2.76. The fourth-order valence-electron chi connectivity index (χ4n) is 2.56. The van der Waals surface area contributed by atoms with E-state index in [0.717, 1.165) is 0 Å². The van der Waals surface area contributed by atoms with Crippen LogP contribution < -0.4 is 14.8 Å². The Morgan fingerprint density at radius 3 is 2.39 bits per heavy atom. The predicted octanol–water partition coefficient (Wildman–Crippen LogP) is 0.660. The van der Waals surface area contributed by atoms with Crippen molar-refractivity contribution in [3.8, 4) is 0 Å². The van der Waals surface area contributed by atoms with Crippen molar-refractivity contribution in [2.45, 2.75) is 22.8 Å². The number of carbonyl (C=O) groups excluding carboxylic acids is 1. The van der Waals surface area contributed by atoms with E-state index in [2.05, 4.69) is 19.8 Å². The lowest BCUT2D eigenvalue weighted by atomic mass is 10.2. The summed E-state index contributed by atoms with van der Waals surface area (Å²) < 4.78 is 52.2. The number of amidine groups is 1. The Morgan fingerprint density at radius 2 is 1.75 bits per heavy atom. The molecule has 0 spiro atoms. The van der Waals surface area contributed by atoms with Gasteiger partial charge >= 0.3 is 0 Å². The Balaban J connectivity index is 1.77. The standard InChI is InChI=1S/C17H18N4O5S2/c1-11(19-16-14-5-3-4-6-15(14)28(25,26)21-16)17(22)20-12-7-9-13(10-8-12)27(23,24)18-2/h3-11,18H,1-2H3,(H,19,21)(H,20,22)/t11-/m0/s1. The zero-order chi connectivity index (χ0) is 20.5. The number of aliphatic imine (C=N–C) groups is 1. The molecular formula is C17H18N4O5S2. The largest absolute Gasteiger partial charge is 0.324 e. The van der Waals surface area contributed by atoms with Gasteiger partial charge in [-0.3, -0.25) is 14.5 Å². The molecule has 0 unspecified atom stereocenters. The fraction of sp³-hybridized carbons (Fsp3) is 0.176. The Morgan fingerprint density at radius 1 is 1.11 bits per heavy atom. The van der Waals surface area contributed by atoms with Crippen molar-refractivity contribution in [2.24, 2.45) is 4.99 Å². The second-order valence-electron chi connectivity index (χ2n) is 5.98. The van der Waals surface area contributed by atoms with Gasteiger partial charge in [-0.15, -0.1) is 0 Å². The average molecular weight is 422 g/mol. The van der Waals surface area contributed by atoms with E-state index in [1.54, 1.807) is 18.2 Å². The van der Waals surface area contributed by atoms with Crippen molar-refractivity contribution in [2.75, 3.05) is 12.4 Å². The molecule has 0 fully saturated rings. The normalized spacial score (nSPS) is 17.6. The number of anilines is 1. The topological polar surface area (TPSA) is 134 Å². The molecule has 1 amide bonds. The number of fused-ring (bicyclic) bond motifs is 1. The fourth-order valence-corrected chi connectivity index (χ4v) is 4.53. The summed E-state index contributed by atoms with van der Waals surface area (Å²) in [6, 6.07) is 11.1. The molecule has 1 aliphatic rings. The van der Waals surface area contributed by atoms with Crippen molar-refractivity contribution in [1.82, 2.24) is 9.44 Å². The molecule has 9 nitrogen and oxygen atoms in total. The third-order valence-corrected chi connectivity index (χ3v) is 6.89. The van der Waals surface area contributed by atoms with Crippen LogP contribution >= 0.6 is 0 Å². The highest BCUT2D eigenvalue weighted by Gasteiger charge is 2.31. The summed E-state index contributed by atoms with van der Waals surface area (Å²) in [6.07, 6.45) is 0. The van der Waals surface area contributed by atoms with E-state index in [9.17, 15) is 21.6 Å². The highest BCUT2D eigenvalue weighted by Crippen LogP contribution is 2.22. The number of amides is 1. The summed E-state index contributed by atoms with van der Waals surface area (Å²) in [7, 11) is -5.94. The van der Waals surface area contributed by atoms with Gasteiger partial charge in [-0.2, -0.15) is 0 Å². The summed E-state index contributed by atoms with van der Waals surface area (Å²) in [5.74, 6) is -0.367. The molecule has 1 aliphatic heterocycles. The second-order valence-corrected chi connectivity index (χ2v) is 9.51. The van der Waals surface area contributed by atoms with Gasteiger partial charge in [-0.05, 0) is 50.4 Å². The van der Waals surface area contributed by atoms with Gasteiger partial charge in [0, 0.05) is 11.3 Å². The van der Waals surface area contributed by atoms with Crippen LogP contribution in [-0.4, -0.2) is 41.7 Å². The van der Waals surface area contributed by atoms with Gasteiger partial charge in [-0.1, -0.05) is 12.1 Å². The van der Waals surface area contributed by atoms with Gasteiger partial charge in [0.05, 0.1) is 9.79 Å². The molecule has 1 heterocycles. The predicted molar refractivity (Wildman–Crippen MR) is 104 cm³/mol. The molecule has 11 heteroatoms. The molecule has 3 N–H and O–H groups in total. The molecule has 0 saturated carbocycles. The number of hydrogen-bond acceptors (Lipinski definition) is 6. The minimum Gasteiger partial charge on any atom is -0.324 e. The molecule has 0 aliphatic carbocycles. The molecule has 1 atom stereocenters. The first-order valence-electron chi connectivity index (χ1n) is 8.18. The van der Waals surface area contributed by atoms with Crippen LogP contribution in [0.3, 0.4) is 0 Å². The van der Waals surface area contributed by atoms with E-state index in [-0.39, 0.29) is 15.6 Å². The van der Waals surface area contributed by atoms with Crippen molar-refractivity contribution < 1.29 is 21.6 Å². The summed E-state index contributed by atoms with van der Waals surface area (Å²) >= 11 is 0. The Bertz CT molecular complexity index is 1160. The summed E-state index contributed by atoms with van der Waals surface area (Å²) in [6.45, 7) is 1.53. The van der Waals surface area contributed by atoms with Gasteiger partial charge in [0.25, 0.3) is 10.0 Å². The van der Waals surface area contributed by atoms with E-state index in [1.165, 1.54) is 44.3 Å². The number of sulfonamides is 2. The Kier molecular flexibility index (Phi) is 5.24. The van der Waals surface area contributed by atoms with Crippen LogP contribution in [0.25, 0.3) is 0 Å². The van der Waals surface area contributed by atoms with Gasteiger partial charge < -0.3 is 5.32 Å². The lowest BCUT2D eigenvalue weighted by molar-refractivity contribution is -0.117. The third kappa shape index (κ3) is 3.91. The first kappa shape index (κ1) is 20.0. The maximum atomic E-state index is 12.4. The zero-order valence-electron chi connectivity index (χ0n) is 15.0. The lowest BCUT2D eigenvalue weighted by Gasteiger charge is -2.10. The minimum absolute atomic E-state index is 0.0678. The maximum absolute atomic E-state index is 12.4. The van der Waals surface area contributed by atoms with Crippen LogP contribution in [0.2, 0.25) is 0 Å². The first-order chi connectivity index (χ1) is 13.1. The maximum Gasteiger partial charge on any atom is 0.263 e. The van der Waals surface area contributed by atoms with Crippen LogP contribution in [0.15, 0.2) is 63.3 Å². The molecule has 0 saturated heterocycles. The molecule has 0 bridgehead atoms. The molecule has 148 valence electrons. The van der Waals surface area contributed by atoms with Crippen molar-refractivity contribution in [3.63, 3.8) is 0 Å². The van der Waals surface area contributed by atoms with Crippen molar-refractivity contribution in [3.05, 3.63) is 54.1 Å². The molecule has 0 radical (unpaired) electrons. The van der Waals surface area contributed by atoms with Crippen molar-refractivity contribution in [1.29, 1.82) is 0 Å². The van der Waals surface area contributed by atoms with E-state index in [4.69, 9.17) is 0 Å². The average Bonchev–Trinajstić information content (AvgIpc) is 2.92. The van der Waals surface area contributed by atoms with Gasteiger partial charge in [0.1, 0.15) is 11.9 Å². The number of benzene rings is 2. The molecule has 2 aromatic rings. The lowest BCUT2D eigenvalue weighted by Crippen LogP contribution is -2.28. The van der Waals surface area contributed by atoms with E-state index >= 15 is 0 Å². The monoisotopic (exact) mass is 422 g/mol. The molecule has 2 aromatic carbocycles. The Labute approximate surface area is 163 Å². The van der Waals surface area contributed by atoms with Crippen LogP contribution in [0.5, 0.6) is 0 Å². The van der Waals surface area contributed by atoms with Crippen LogP contribution in [0, 0.1) is 0 Å². The van der Waals surface area contributed by atoms with Crippen molar-refractivity contribution >= 4 is 37.5 Å². The van der Waals surface area contributed by atoms with E-state index in [1.807, 2.05) is 0 Å². The summed E-state index contributed by atoms with van der Waals surface area (Å²) in [5.41, 5.74) is 0.795. The molecule has 0 aromatic heterocycles. The number of nitrogens with zero attached hydrogens (tertiary/aromatic N) is 1. The van der Waals surface area contributed by atoms with E-state index in [0.29, 0.717) is 11.3 Å². The number of rotatable bonds is 5. The van der Waals surface area contributed by atoms with E-state index < -0.39 is 32.0 Å². The quantitative estimate of drug-likeness (QED) is 0.651. The number of nitrogens with one attached hydrogen (secondary N) is 3. The SMILES string of the molecule is CNS(=O)(=O)c1ccc(NC(=O)[C@H](C)N=C2NS(=O)(=O)c3ccccc32)cc1. The van der Waals surface area contributed by atoms with Gasteiger partial charge in [-0.25, -0.2) is 21.6 Å². The minimum atomic E-state index is -3.68. The smallest absolute Gasteiger partial charge is 0.263 e. The number of hydrogen-bond donors (Lipinski definition) is 3.